The van der Waals surface area contributed by atoms with Crippen molar-refractivity contribution in [3.8, 4) is 0 Å². The Balaban J connectivity index is 1.67. The van der Waals surface area contributed by atoms with Crippen molar-refractivity contribution in [2.45, 2.75) is 18.4 Å². The molecule has 1 N–H and O–H groups in total. The quantitative estimate of drug-likeness (QED) is 0.397. The molecule has 0 fully saturated rings. The van der Waals surface area contributed by atoms with Gasteiger partial charge in [0.1, 0.15) is 5.82 Å². The van der Waals surface area contributed by atoms with Gasteiger partial charge in [0.05, 0.1) is 6.04 Å². The lowest BCUT2D eigenvalue weighted by molar-refractivity contribution is 0.103. The zero-order valence-electron chi connectivity index (χ0n) is 15.6. The summed E-state index contributed by atoms with van der Waals surface area (Å²) >= 11 is 6.42. The summed E-state index contributed by atoms with van der Waals surface area (Å²) in [7, 11) is 0. The minimum absolute atomic E-state index is 0.0930. The van der Waals surface area contributed by atoms with Crippen molar-refractivity contribution in [2.24, 2.45) is 5.92 Å². The zero-order valence-corrected chi connectivity index (χ0v) is 16.4. The van der Waals surface area contributed by atoms with Crippen LogP contribution >= 0.6 is 11.6 Å². The summed E-state index contributed by atoms with van der Waals surface area (Å²) in [5.74, 6) is -0.0528. The van der Waals surface area contributed by atoms with Crippen LogP contribution in [-0.4, -0.2) is 5.78 Å². The third-order valence-corrected chi connectivity index (χ3v) is 6.17. The number of carbonyl (C=O) groups excluding carboxylic acids is 1. The fraction of sp³-hybridized carbons (Fsp3) is 0.160. The highest BCUT2D eigenvalue weighted by molar-refractivity contribution is 6.31. The van der Waals surface area contributed by atoms with E-state index in [2.05, 4.69) is 17.5 Å². The normalized spacial score (nSPS) is 21.9. The lowest BCUT2D eigenvalue weighted by Crippen LogP contribution is -2.31. The molecule has 1 heterocycles. The van der Waals surface area contributed by atoms with Crippen LogP contribution in [0.3, 0.4) is 0 Å². The van der Waals surface area contributed by atoms with Gasteiger partial charge in [-0.05, 0) is 36.1 Å². The largest absolute Gasteiger partial charge is 0.377 e. The summed E-state index contributed by atoms with van der Waals surface area (Å²) in [6.45, 7) is 0. The number of carbonyl (C=O) groups is 1. The maximum absolute atomic E-state index is 14.6. The number of benzene rings is 3. The summed E-state index contributed by atoms with van der Waals surface area (Å²) in [6.07, 6.45) is 5.15. The van der Waals surface area contributed by atoms with E-state index >= 15 is 0 Å². The molecule has 0 amide bonds. The van der Waals surface area contributed by atoms with Gasteiger partial charge in [0.25, 0.3) is 0 Å². The van der Waals surface area contributed by atoms with Crippen molar-refractivity contribution in [1.29, 1.82) is 0 Å². The second kappa shape index (κ2) is 7.16. The van der Waals surface area contributed by atoms with Crippen LogP contribution in [0.25, 0.3) is 0 Å². The van der Waals surface area contributed by atoms with E-state index in [1.54, 1.807) is 24.3 Å². The molecule has 0 radical (unpaired) electrons. The highest BCUT2D eigenvalue weighted by atomic mass is 35.5. The molecule has 0 spiro atoms. The van der Waals surface area contributed by atoms with E-state index in [0.29, 0.717) is 21.7 Å². The lowest BCUT2D eigenvalue weighted by atomic mass is 9.75. The minimum atomic E-state index is -0.232. The first-order valence-corrected chi connectivity index (χ1v) is 10.1. The molecule has 0 aromatic heterocycles. The van der Waals surface area contributed by atoms with Gasteiger partial charge in [0.15, 0.2) is 5.78 Å². The van der Waals surface area contributed by atoms with Gasteiger partial charge >= 0.3 is 0 Å². The molecule has 1 aliphatic heterocycles. The smallest absolute Gasteiger partial charge is 0.195 e. The van der Waals surface area contributed by atoms with Gasteiger partial charge in [0, 0.05) is 33.3 Å². The SMILES string of the molecule is O=C(c1ccccc1)c1cc(Cl)cc2c1NC(c1ccccc1F)C1CC=CC21. The van der Waals surface area contributed by atoms with Crippen molar-refractivity contribution in [2.75, 3.05) is 5.32 Å². The number of halogens is 2. The molecular formula is C25H19ClFNO. The van der Waals surface area contributed by atoms with Crippen LogP contribution in [0.15, 0.2) is 78.9 Å². The zero-order chi connectivity index (χ0) is 20.0. The van der Waals surface area contributed by atoms with Crippen LogP contribution in [-0.2, 0) is 0 Å². The van der Waals surface area contributed by atoms with Gasteiger partial charge in [-0.15, -0.1) is 0 Å². The molecule has 4 heteroatoms. The second-order valence-corrected chi connectivity index (χ2v) is 8.05. The molecule has 3 aromatic rings. The summed E-state index contributed by atoms with van der Waals surface area (Å²) < 4.78 is 14.6. The van der Waals surface area contributed by atoms with E-state index in [9.17, 15) is 9.18 Å². The van der Waals surface area contributed by atoms with E-state index in [1.807, 2.05) is 36.4 Å². The number of rotatable bonds is 3. The van der Waals surface area contributed by atoms with E-state index in [4.69, 9.17) is 11.6 Å². The van der Waals surface area contributed by atoms with E-state index in [1.165, 1.54) is 6.07 Å². The Morgan fingerprint density at radius 3 is 2.55 bits per heavy atom. The fourth-order valence-corrected chi connectivity index (χ4v) is 4.85. The van der Waals surface area contributed by atoms with Crippen molar-refractivity contribution in [3.05, 3.63) is 112 Å². The van der Waals surface area contributed by atoms with Crippen LogP contribution in [0.4, 0.5) is 10.1 Å². The van der Waals surface area contributed by atoms with Crippen LogP contribution in [0, 0.1) is 11.7 Å². The van der Waals surface area contributed by atoms with Crippen molar-refractivity contribution in [3.63, 3.8) is 0 Å². The molecule has 3 atom stereocenters. The Morgan fingerprint density at radius 1 is 1.00 bits per heavy atom. The van der Waals surface area contributed by atoms with E-state index in [0.717, 1.165) is 17.7 Å². The average molecular weight is 404 g/mol. The molecule has 2 nitrogen and oxygen atoms in total. The molecule has 144 valence electrons. The standard InChI is InChI=1S/C25H19ClFNO/c26-16-13-20-17-10-6-11-18(17)23(19-9-4-5-12-22(19)27)28-24(20)21(14-16)25(29)15-7-2-1-3-8-15/h1-10,12-14,17-18,23,28H,11H2. The van der Waals surface area contributed by atoms with Crippen LogP contribution in [0.5, 0.6) is 0 Å². The maximum Gasteiger partial charge on any atom is 0.195 e. The summed E-state index contributed by atoms with van der Waals surface area (Å²) in [6, 6.07) is 19.4. The monoisotopic (exact) mass is 403 g/mol. The van der Waals surface area contributed by atoms with Gasteiger partial charge in [-0.2, -0.15) is 0 Å². The molecule has 0 saturated carbocycles. The van der Waals surface area contributed by atoms with Gasteiger partial charge in [0.2, 0.25) is 0 Å². The third kappa shape index (κ3) is 3.06. The number of fused-ring (bicyclic) bond motifs is 3. The highest BCUT2D eigenvalue weighted by Crippen LogP contribution is 2.51. The Kier molecular flexibility index (Phi) is 4.48. The van der Waals surface area contributed by atoms with Gasteiger partial charge < -0.3 is 5.32 Å². The summed E-state index contributed by atoms with van der Waals surface area (Å²) in [4.78, 5) is 13.3. The van der Waals surface area contributed by atoms with Gasteiger partial charge in [-0.1, -0.05) is 72.3 Å². The average Bonchev–Trinajstić information content (AvgIpc) is 3.24. The minimum Gasteiger partial charge on any atom is -0.377 e. The predicted octanol–water partition coefficient (Wildman–Crippen LogP) is 6.54. The van der Waals surface area contributed by atoms with Crippen LogP contribution in [0.2, 0.25) is 5.02 Å². The van der Waals surface area contributed by atoms with E-state index < -0.39 is 0 Å². The Bertz CT molecular complexity index is 1120. The van der Waals surface area contributed by atoms with Gasteiger partial charge in [-0.25, -0.2) is 4.39 Å². The van der Waals surface area contributed by atoms with Crippen molar-refractivity contribution < 1.29 is 9.18 Å². The van der Waals surface area contributed by atoms with Crippen molar-refractivity contribution >= 4 is 23.1 Å². The molecule has 0 saturated heterocycles. The van der Waals surface area contributed by atoms with Crippen LogP contribution < -0.4 is 5.32 Å². The Hall–Kier alpha value is -2.91. The first kappa shape index (κ1) is 18.1. The molecule has 0 bridgehead atoms. The molecular weight excluding hydrogens is 385 g/mol. The summed E-state index contributed by atoms with van der Waals surface area (Å²) in [5, 5.41) is 4.05. The molecule has 3 aromatic carbocycles. The molecule has 3 unspecified atom stereocenters. The summed E-state index contributed by atoms with van der Waals surface area (Å²) in [5.41, 5.74) is 3.52. The third-order valence-electron chi connectivity index (χ3n) is 5.95. The number of allylic oxidation sites excluding steroid dienone is 2. The highest BCUT2D eigenvalue weighted by Gasteiger charge is 2.40. The number of nitrogens with one attached hydrogen (secondary N) is 1. The first-order chi connectivity index (χ1) is 14.1. The molecule has 1 aliphatic carbocycles. The predicted molar refractivity (Wildman–Crippen MR) is 114 cm³/mol. The Morgan fingerprint density at radius 2 is 1.76 bits per heavy atom. The molecule has 29 heavy (non-hydrogen) atoms. The number of hydrogen-bond acceptors (Lipinski definition) is 2. The molecule has 5 rings (SSSR count). The second-order valence-electron chi connectivity index (χ2n) is 7.61. The molecule has 2 aliphatic rings. The van der Waals surface area contributed by atoms with Crippen LogP contribution in [0.1, 0.15) is 45.4 Å². The first-order valence-electron chi connectivity index (χ1n) is 9.74. The Labute approximate surface area is 174 Å². The number of anilines is 1. The van der Waals surface area contributed by atoms with Crippen molar-refractivity contribution in [1.82, 2.24) is 0 Å². The lowest BCUT2D eigenvalue weighted by Gasteiger charge is -2.38. The fourth-order valence-electron chi connectivity index (χ4n) is 4.62. The van der Waals surface area contributed by atoms with E-state index in [-0.39, 0.29) is 29.5 Å². The maximum atomic E-state index is 14.6. The number of ketones is 1. The topological polar surface area (TPSA) is 29.1 Å². The van der Waals surface area contributed by atoms with Gasteiger partial charge in [-0.3, -0.25) is 4.79 Å². The number of hydrogen-bond donors (Lipinski definition) is 1.